The van der Waals surface area contributed by atoms with Crippen LogP contribution in [-0.4, -0.2) is 5.91 Å². The average Bonchev–Trinajstić information content (AvgIpc) is 2.72. The van der Waals surface area contributed by atoms with E-state index in [9.17, 15) is 4.79 Å². The molecule has 1 N–H and O–H groups in total. The van der Waals surface area contributed by atoms with Crippen LogP contribution in [0.4, 0.5) is 0 Å². The minimum absolute atomic E-state index is 0.174. The SMILES string of the molecule is Cc1ccc(CNC(=O)c2ccc(Cl)cc2Br)o1. The van der Waals surface area contributed by atoms with Crippen LogP contribution in [0.3, 0.4) is 0 Å². The normalized spacial score (nSPS) is 10.4. The van der Waals surface area contributed by atoms with Gasteiger partial charge in [-0.25, -0.2) is 0 Å². The van der Waals surface area contributed by atoms with E-state index in [2.05, 4.69) is 21.2 Å². The van der Waals surface area contributed by atoms with Gasteiger partial charge in [0.25, 0.3) is 5.91 Å². The standard InChI is InChI=1S/C13H11BrClNO2/c1-8-2-4-10(18-8)7-16-13(17)11-5-3-9(15)6-12(11)14/h2-6H,7H2,1H3,(H,16,17). The second-order valence-corrected chi connectivity index (χ2v) is 5.11. The van der Waals surface area contributed by atoms with Crippen molar-refractivity contribution in [1.29, 1.82) is 0 Å². The van der Waals surface area contributed by atoms with E-state index in [1.807, 2.05) is 19.1 Å². The van der Waals surface area contributed by atoms with Crippen LogP contribution in [-0.2, 0) is 6.54 Å². The molecule has 2 aromatic rings. The van der Waals surface area contributed by atoms with Gasteiger partial charge in [-0.1, -0.05) is 11.6 Å². The molecule has 18 heavy (non-hydrogen) atoms. The molecule has 5 heteroatoms. The summed E-state index contributed by atoms with van der Waals surface area (Å²) in [6.45, 7) is 2.23. The zero-order chi connectivity index (χ0) is 13.1. The van der Waals surface area contributed by atoms with Gasteiger partial charge in [0, 0.05) is 9.50 Å². The minimum atomic E-state index is -0.174. The minimum Gasteiger partial charge on any atom is -0.465 e. The first-order valence-electron chi connectivity index (χ1n) is 5.35. The van der Waals surface area contributed by atoms with Crippen LogP contribution in [0, 0.1) is 6.92 Å². The van der Waals surface area contributed by atoms with Crippen LogP contribution in [0.5, 0.6) is 0 Å². The Morgan fingerprint density at radius 1 is 1.39 bits per heavy atom. The highest BCUT2D eigenvalue weighted by atomic mass is 79.9. The van der Waals surface area contributed by atoms with E-state index in [0.29, 0.717) is 21.6 Å². The van der Waals surface area contributed by atoms with Crippen molar-refractivity contribution in [2.24, 2.45) is 0 Å². The van der Waals surface area contributed by atoms with Gasteiger partial charge in [0.2, 0.25) is 0 Å². The molecular weight excluding hydrogens is 318 g/mol. The highest BCUT2D eigenvalue weighted by Gasteiger charge is 2.10. The third-order valence-electron chi connectivity index (χ3n) is 2.39. The van der Waals surface area contributed by atoms with E-state index in [-0.39, 0.29) is 5.91 Å². The van der Waals surface area contributed by atoms with Crippen LogP contribution < -0.4 is 5.32 Å². The molecule has 1 aromatic heterocycles. The van der Waals surface area contributed by atoms with Crippen molar-refractivity contribution in [2.45, 2.75) is 13.5 Å². The number of nitrogens with one attached hydrogen (secondary N) is 1. The topological polar surface area (TPSA) is 42.2 Å². The van der Waals surface area contributed by atoms with Gasteiger partial charge in [0.05, 0.1) is 12.1 Å². The van der Waals surface area contributed by atoms with Gasteiger partial charge in [0.15, 0.2) is 0 Å². The zero-order valence-corrected chi connectivity index (χ0v) is 12.0. The highest BCUT2D eigenvalue weighted by molar-refractivity contribution is 9.10. The number of benzene rings is 1. The number of halogens is 2. The Morgan fingerprint density at radius 3 is 2.78 bits per heavy atom. The van der Waals surface area contributed by atoms with Gasteiger partial charge in [-0.05, 0) is 53.2 Å². The number of hydrogen-bond acceptors (Lipinski definition) is 2. The largest absolute Gasteiger partial charge is 0.465 e. The summed E-state index contributed by atoms with van der Waals surface area (Å²) in [5.41, 5.74) is 0.544. The number of carbonyl (C=O) groups excluding carboxylic acids is 1. The Balaban J connectivity index is 2.03. The molecule has 3 nitrogen and oxygen atoms in total. The van der Waals surface area contributed by atoms with Crippen LogP contribution >= 0.6 is 27.5 Å². The lowest BCUT2D eigenvalue weighted by molar-refractivity contribution is 0.0947. The van der Waals surface area contributed by atoms with Crippen molar-refractivity contribution in [2.75, 3.05) is 0 Å². The molecule has 0 atom stereocenters. The molecule has 0 unspecified atom stereocenters. The predicted molar refractivity (Wildman–Crippen MR) is 73.8 cm³/mol. The Kier molecular flexibility index (Phi) is 4.09. The van der Waals surface area contributed by atoms with Crippen molar-refractivity contribution >= 4 is 33.4 Å². The number of hydrogen-bond donors (Lipinski definition) is 1. The quantitative estimate of drug-likeness (QED) is 0.927. The number of carbonyl (C=O) groups is 1. The van der Waals surface area contributed by atoms with Gasteiger partial charge >= 0.3 is 0 Å². The monoisotopic (exact) mass is 327 g/mol. The first-order valence-corrected chi connectivity index (χ1v) is 6.52. The summed E-state index contributed by atoms with van der Waals surface area (Å²) in [5, 5.41) is 3.37. The van der Waals surface area contributed by atoms with Gasteiger partial charge in [-0.2, -0.15) is 0 Å². The molecule has 0 aliphatic rings. The number of furan rings is 1. The number of rotatable bonds is 3. The summed E-state index contributed by atoms with van der Waals surface area (Å²) < 4.78 is 6.04. The molecule has 0 saturated heterocycles. The number of aryl methyl sites for hydroxylation is 1. The van der Waals surface area contributed by atoms with E-state index in [0.717, 1.165) is 11.5 Å². The fourth-order valence-electron chi connectivity index (χ4n) is 1.52. The Labute approximate surface area is 118 Å². The smallest absolute Gasteiger partial charge is 0.252 e. The maximum atomic E-state index is 11.9. The third-order valence-corrected chi connectivity index (χ3v) is 3.29. The van der Waals surface area contributed by atoms with E-state index < -0.39 is 0 Å². The lowest BCUT2D eigenvalue weighted by atomic mass is 10.2. The van der Waals surface area contributed by atoms with E-state index in [1.165, 1.54) is 0 Å². The Morgan fingerprint density at radius 2 is 2.17 bits per heavy atom. The van der Waals surface area contributed by atoms with Crippen molar-refractivity contribution in [1.82, 2.24) is 5.32 Å². The second kappa shape index (κ2) is 5.59. The average molecular weight is 329 g/mol. The summed E-state index contributed by atoms with van der Waals surface area (Å²) in [6, 6.07) is 8.74. The van der Waals surface area contributed by atoms with E-state index in [4.69, 9.17) is 16.0 Å². The van der Waals surface area contributed by atoms with Crippen LogP contribution in [0.15, 0.2) is 39.2 Å². The summed E-state index contributed by atoms with van der Waals surface area (Å²) in [6.07, 6.45) is 0. The summed E-state index contributed by atoms with van der Waals surface area (Å²) in [5.74, 6) is 1.38. The van der Waals surface area contributed by atoms with Gasteiger partial charge in [-0.3, -0.25) is 4.79 Å². The molecule has 0 aliphatic heterocycles. The molecule has 94 valence electrons. The second-order valence-electron chi connectivity index (χ2n) is 3.82. The van der Waals surface area contributed by atoms with Crippen molar-refractivity contribution in [3.05, 3.63) is 56.9 Å². The number of amides is 1. The zero-order valence-electron chi connectivity index (χ0n) is 9.67. The molecule has 0 aliphatic carbocycles. The van der Waals surface area contributed by atoms with Crippen LogP contribution in [0.25, 0.3) is 0 Å². The lowest BCUT2D eigenvalue weighted by Crippen LogP contribution is -2.22. The van der Waals surface area contributed by atoms with Crippen molar-refractivity contribution in [3.8, 4) is 0 Å². The molecule has 1 amide bonds. The summed E-state index contributed by atoms with van der Waals surface area (Å²) in [4.78, 5) is 11.9. The summed E-state index contributed by atoms with van der Waals surface area (Å²) in [7, 11) is 0. The molecule has 0 spiro atoms. The molecule has 0 radical (unpaired) electrons. The van der Waals surface area contributed by atoms with Crippen LogP contribution in [0.2, 0.25) is 5.02 Å². The van der Waals surface area contributed by atoms with Crippen molar-refractivity contribution < 1.29 is 9.21 Å². The lowest BCUT2D eigenvalue weighted by Gasteiger charge is -2.05. The first-order chi connectivity index (χ1) is 8.56. The van der Waals surface area contributed by atoms with Gasteiger partial charge < -0.3 is 9.73 Å². The summed E-state index contributed by atoms with van der Waals surface area (Å²) >= 11 is 9.13. The van der Waals surface area contributed by atoms with Gasteiger partial charge in [-0.15, -0.1) is 0 Å². The first kappa shape index (κ1) is 13.2. The van der Waals surface area contributed by atoms with E-state index >= 15 is 0 Å². The Bertz CT molecular complexity index is 580. The molecule has 2 rings (SSSR count). The van der Waals surface area contributed by atoms with E-state index in [1.54, 1.807) is 18.2 Å². The maximum absolute atomic E-state index is 11.9. The molecule has 1 aromatic carbocycles. The molecule has 0 bridgehead atoms. The molecule has 0 saturated carbocycles. The molecule has 0 fully saturated rings. The third kappa shape index (κ3) is 3.15. The van der Waals surface area contributed by atoms with Gasteiger partial charge in [0.1, 0.15) is 11.5 Å². The molecular formula is C13H11BrClNO2. The maximum Gasteiger partial charge on any atom is 0.252 e. The Hall–Kier alpha value is -1.26. The predicted octanol–water partition coefficient (Wildman–Crippen LogP) is 3.93. The fourth-order valence-corrected chi connectivity index (χ4v) is 2.38. The highest BCUT2D eigenvalue weighted by Crippen LogP contribution is 2.21. The molecule has 1 heterocycles. The van der Waals surface area contributed by atoms with Crippen molar-refractivity contribution in [3.63, 3.8) is 0 Å². The van der Waals surface area contributed by atoms with Crippen LogP contribution in [0.1, 0.15) is 21.9 Å². The fraction of sp³-hybridized carbons (Fsp3) is 0.154.